The maximum Gasteiger partial charge on any atom is 0.248 e. The SMILES string of the molecule is COc1cc2ccoc2cc1CCOCC(=O)N1CCC(O)C1. The number of hydrogen-bond donors (Lipinski definition) is 1. The van der Waals surface area contributed by atoms with Gasteiger partial charge in [-0.3, -0.25) is 4.79 Å². The molecule has 6 heteroatoms. The van der Waals surface area contributed by atoms with E-state index in [2.05, 4.69) is 0 Å². The number of likely N-dealkylation sites (tertiary alicyclic amines) is 1. The van der Waals surface area contributed by atoms with Crippen molar-refractivity contribution >= 4 is 16.9 Å². The minimum absolute atomic E-state index is 0.0397. The van der Waals surface area contributed by atoms with Crippen molar-refractivity contribution in [1.82, 2.24) is 4.90 Å². The van der Waals surface area contributed by atoms with Crippen LogP contribution in [-0.2, 0) is 16.0 Å². The van der Waals surface area contributed by atoms with Crippen molar-refractivity contribution in [2.75, 3.05) is 33.4 Å². The number of carbonyl (C=O) groups excluding carboxylic acids is 1. The van der Waals surface area contributed by atoms with Crippen LogP contribution in [0, 0.1) is 0 Å². The second-order valence-electron chi connectivity index (χ2n) is 5.71. The minimum atomic E-state index is -0.400. The van der Waals surface area contributed by atoms with Crippen molar-refractivity contribution in [2.45, 2.75) is 18.9 Å². The van der Waals surface area contributed by atoms with Crippen LogP contribution < -0.4 is 4.74 Å². The van der Waals surface area contributed by atoms with E-state index in [1.807, 2.05) is 18.2 Å². The van der Waals surface area contributed by atoms with Gasteiger partial charge < -0.3 is 23.9 Å². The molecule has 6 nitrogen and oxygen atoms in total. The summed E-state index contributed by atoms with van der Waals surface area (Å²) in [5.74, 6) is 0.714. The number of carbonyl (C=O) groups is 1. The fourth-order valence-corrected chi connectivity index (χ4v) is 2.82. The van der Waals surface area contributed by atoms with Crippen molar-refractivity contribution in [1.29, 1.82) is 0 Å². The van der Waals surface area contributed by atoms with Gasteiger partial charge in [0.2, 0.25) is 5.91 Å². The molecular formula is C17H21NO5. The molecule has 23 heavy (non-hydrogen) atoms. The van der Waals surface area contributed by atoms with Gasteiger partial charge in [0.1, 0.15) is 17.9 Å². The first kappa shape index (κ1) is 15.8. The maximum absolute atomic E-state index is 11.9. The Morgan fingerprint density at radius 3 is 3.09 bits per heavy atom. The van der Waals surface area contributed by atoms with Crippen LogP contribution in [0.4, 0.5) is 0 Å². The summed E-state index contributed by atoms with van der Waals surface area (Å²) in [7, 11) is 1.63. The van der Waals surface area contributed by atoms with Gasteiger partial charge in [0.25, 0.3) is 0 Å². The molecule has 2 heterocycles. The summed E-state index contributed by atoms with van der Waals surface area (Å²) in [6.07, 6.45) is 2.53. The Balaban J connectivity index is 1.51. The van der Waals surface area contributed by atoms with Crippen LogP contribution in [0.15, 0.2) is 28.9 Å². The fraction of sp³-hybridized carbons (Fsp3) is 0.471. The lowest BCUT2D eigenvalue weighted by atomic mass is 10.1. The molecule has 1 aromatic heterocycles. The third-order valence-corrected chi connectivity index (χ3v) is 4.11. The number of hydrogen-bond acceptors (Lipinski definition) is 5. The summed E-state index contributed by atoms with van der Waals surface area (Å²) >= 11 is 0. The van der Waals surface area contributed by atoms with Crippen LogP contribution in [0.1, 0.15) is 12.0 Å². The molecule has 1 amide bonds. The first-order valence-electron chi connectivity index (χ1n) is 7.75. The van der Waals surface area contributed by atoms with E-state index in [1.165, 1.54) is 0 Å². The van der Waals surface area contributed by atoms with Crippen LogP contribution in [0.3, 0.4) is 0 Å². The first-order chi connectivity index (χ1) is 11.2. The predicted octanol–water partition coefficient (Wildman–Crippen LogP) is 1.59. The highest BCUT2D eigenvalue weighted by molar-refractivity contribution is 5.80. The van der Waals surface area contributed by atoms with Crippen LogP contribution >= 0.6 is 0 Å². The summed E-state index contributed by atoms with van der Waals surface area (Å²) in [5, 5.41) is 10.4. The van der Waals surface area contributed by atoms with Gasteiger partial charge in [-0.15, -0.1) is 0 Å². The summed E-state index contributed by atoms with van der Waals surface area (Å²) in [4.78, 5) is 13.6. The standard InChI is InChI=1S/C17H21NO5/c1-21-15-8-13-4-7-23-16(13)9-12(15)3-6-22-11-17(20)18-5-2-14(19)10-18/h4,7-9,14,19H,2-3,5-6,10-11H2,1H3. The summed E-state index contributed by atoms with van der Waals surface area (Å²) in [6.45, 7) is 1.47. The number of ether oxygens (including phenoxy) is 2. The number of furan rings is 1. The van der Waals surface area contributed by atoms with Gasteiger partial charge in [-0.1, -0.05) is 0 Å². The fourth-order valence-electron chi connectivity index (χ4n) is 2.82. The van der Waals surface area contributed by atoms with Crippen LogP contribution in [0.2, 0.25) is 0 Å². The van der Waals surface area contributed by atoms with Crippen molar-refractivity contribution < 1.29 is 23.8 Å². The largest absolute Gasteiger partial charge is 0.496 e. The van der Waals surface area contributed by atoms with E-state index in [9.17, 15) is 9.90 Å². The number of benzene rings is 1. The molecule has 0 saturated carbocycles. The quantitative estimate of drug-likeness (QED) is 0.819. The molecule has 1 aliphatic heterocycles. The first-order valence-corrected chi connectivity index (χ1v) is 7.75. The Morgan fingerprint density at radius 2 is 2.35 bits per heavy atom. The Labute approximate surface area is 134 Å². The van der Waals surface area contributed by atoms with E-state index in [0.717, 1.165) is 22.3 Å². The van der Waals surface area contributed by atoms with E-state index in [-0.39, 0.29) is 12.5 Å². The lowest BCUT2D eigenvalue weighted by molar-refractivity contribution is -0.135. The Kier molecular flexibility index (Phi) is 4.83. The highest BCUT2D eigenvalue weighted by Gasteiger charge is 2.24. The van der Waals surface area contributed by atoms with Crippen molar-refractivity contribution in [3.8, 4) is 5.75 Å². The molecular weight excluding hydrogens is 298 g/mol. The molecule has 0 bridgehead atoms. The number of β-amino-alcohol motifs (C(OH)–C–C–N with tert-alkyl or cyclic N) is 1. The van der Waals surface area contributed by atoms with E-state index in [0.29, 0.717) is 32.5 Å². The molecule has 1 N–H and O–H groups in total. The summed E-state index contributed by atoms with van der Waals surface area (Å²) < 4.78 is 16.3. The normalized spacial score (nSPS) is 17.8. The zero-order valence-corrected chi connectivity index (χ0v) is 13.2. The average Bonchev–Trinajstić information content (AvgIpc) is 3.18. The monoisotopic (exact) mass is 319 g/mol. The number of aliphatic hydroxyl groups is 1. The third-order valence-electron chi connectivity index (χ3n) is 4.11. The van der Waals surface area contributed by atoms with Crippen LogP contribution in [0.25, 0.3) is 11.0 Å². The molecule has 1 aliphatic rings. The van der Waals surface area contributed by atoms with Gasteiger partial charge in [0.05, 0.1) is 26.1 Å². The van der Waals surface area contributed by atoms with Gasteiger partial charge in [-0.25, -0.2) is 0 Å². The molecule has 1 unspecified atom stereocenters. The molecule has 1 atom stereocenters. The van der Waals surface area contributed by atoms with Gasteiger partial charge in [0, 0.05) is 24.0 Å². The average molecular weight is 319 g/mol. The van der Waals surface area contributed by atoms with Crippen molar-refractivity contribution in [2.24, 2.45) is 0 Å². The van der Waals surface area contributed by atoms with Gasteiger partial charge >= 0.3 is 0 Å². The number of methoxy groups -OCH3 is 1. The van der Waals surface area contributed by atoms with Crippen molar-refractivity contribution in [3.05, 3.63) is 30.0 Å². The zero-order chi connectivity index (χ0) is 16.2. The lowest BCUT2D eigenvalue weighted by Crippen LogP contribution is -2.32. The van der Waals surface area contributed by atoms with E-state index in [1.54, 1.807) is 18.3 Å². The van der Waals surface area contributed by atoms with Gasteiger partial charge in [-0.2, -0.15) is 0 Å². The zero-order valence-electron chi connectivity index (χ0n) is 13.2. The highest BCUT2D eigenvalue weighted by atomic mass is 16.5. The Bertz CT molecular complexity index is 681. The lowest BCUT2D eigenvalue weighted by Gasteiger charge is -2.15. The third kappa shape index (κ3) is 3.65. The maximum atomic E-state index is 11.9. The highest BCUT2D eigenvalue weighted by Crippen LogP contribution is 2.27. The second-order valence-corrected chi connectivity index (χ2v) is 5.71. The molecule has 0 aliphatic carbocycles. The van der Waals surface area contributed by atoms with Crippen molar-refractivity contribution in [3.63, 3.8) is 0 Å². The van der Waals surface area contributed by atoms with E-state index >= 15 is 0 Å². The number of nitrogens with zero attached hydrogens (tertiary/aromatic N) is 1. The molecule has 0 spiro atoms. The molecule has 1 fully saturated rings. The second kappa shape index (κ2) is 7.02. The minimum Gasteiger partial charge on any atom is -0.496 e. The topological polar surface area (TPSA) is 72.1 Å². The molecule has 1 aromatic carbocycles. The number of rotatable bonds is 6. The van der Waals surface area contributed by atoms with Gasteiger partial charge in [-0.05, 0) is 31.0 Å². The Hall–Kier alpha value is -2.05. The number of aliphatic hydroxyl groups excluding tert-OH is 1. The molecule has 1 saturated heterocycles. The Morgan fingerprint density at radius 1 is 1.48 bits per heavy atom. The van der Waals surface area contributed by atoms with E-state index in [4.69, 9.17) is 13.9 Å². The predicted molar refractivity (Wildman–Crippen MR) is 84.5 cm³/mol. The van der Waals surface area contributed by atoms with E-state index < -0.39 is 6.10 Å². The summed E-state index contributed by atoms with van der Waals surface area (Å²) in [6, 6.07) is 5.77. The molecule has 3 rings (SSSR count). The summed E-state index contributed by atoms with van der Waals surface area (Å²) in [5.41, 5.74) is 1.79. The van der Waals surface area contributed by atoms with Gasteiger partial charge in [0.15, 0.2) is 0 Å². The van der Waals surface area contributed by atoms with Crippen LogP contribution in [0.5, 0.6) is 5.75 Å². The number of fused-ring (bicyclic) bond motifs is 1. The molecule has 124 valence electrons. The smallest absolute Gasteiger partial charge is 0.248 e. The number of amides is 1. The molecule has 2 aromatic rings. The van der Waals surface area contributed by atoms with Crippen LogP contribution in [-0.4, -0.2) is 55.4 Å². The molecule has 0 radical (unpaired) electrons.